The lowest BCUT2D eigenvalue weighted by molar-refractivity contribution is -0.143. The number of carbonyl (C=O) groups excluding carboxylic acids is 2. The Kier molecular flexibility index (Phi) is 5.06. The molecule has 0 aliphatic carbocycles. The molecule has 0 saturated carbocycles. The molecule has 0 bridgehead atoms. The van der Waals surface area contributed by atoms with Crippen LogP contribution in [-0.2, 0) is 9.59 Å². The molecule has 0 radical (unpaired) electrons. The van der Waals surface area contributed by atoms with Crippen LogP contribution < -0.4 is 10.2 Å². The fourth-order valence-corrected chi connectivity index (χ4v) is 3.35. The van der Waals surface area contributed by atoms with Crippen molar-refractivity contribution in [3.63, 3.8) is 0 Å². The number of nitrogens with one attached hydrogen (secondary N) is 1. The maximum atomic E-state index is 13.9. The molecule has 9 heteroatoms. The Balaban J connectivity index is 1.61. The Hall–Kier alpha value is -2.71. The Labute approximate surface area is 148 Å². The molecule has 1 unspecified atom stereocenters. The second-order valence-electron chi connectivity index (χ2n) is 6.45. The zero-order chi connectivity index (χ0) is 18.8. The number of likely N-dealkylation sites (tertiary alicyclic amines) is 1. The minimum atomic E-state index is -0.876. The van der Waals surface area contributed by atoms with Crippen LogP contribution in [-0.4, -0.2) is 53.6 Å². The molecule has 140 valence electrons. The third-order valence-corrected chi connectivity index (χ3v) is 4.84. The van der Waals surface area contributed by atoms with E-state index in [9.17, 15) is 23.2 Å². The largest absolute Gasteiger partial charge is 0.481 e. The number of hydrogen-bond acceptors (Lipinski definition) is 3. The molecule has 0 spiro atoms. The minimum absolute atomic E-state index is 0.0999. The van der Waals surface area contributed by atoms with E-state index < -0.39 is 47.2 Å². The van der Waals surface area contributed by atoms with Gasteiger partial charge in [0, 0.05) is 19.6 Å². The van der Waals surface area contributed by atoms with Crippen molar-refractivity contribution >= 4 is 23.6 Å². The molecule has 1 atom stereocenters. The van der Waals surface area contributed by atoms with E-state index in [1.807, 2.05) is 0 Å². The van der Waals surface area contributed by atoms with Gasteiger partial charge < -0.3 is 20.2 Å². The van der Waals surface area contributed by atoms with Gasteiger partial charge in [0.1, 0.15) is 23.4 Å². The molecule has 1 aromatic carbocycles. The number of aliphatic carboxylic acids is 1. The molecule has 2 N–H and O–H groups in total. The van der Waals surface area contributed by atoms with Crippen molar-refractivity contribution in [2.45, 2.75) is 25.3 Å². The zero-order valence-corrected chi connectivity index (χ0v) is 14.0. The molecule has 2 fully saturated rings. The summed E-state index contributed by atoms with van der Waals surface area (Å²) in [6.07, 6.45) is 0.950. The minimum Gasteiger partial charge on any atom is -0.481 e. The number of halogens is 2. The van der Waals surface area contributed by atoms with E-state index in [2.05, 4.69) is 5.32 Å². The average Bonchev–Trinajstić information content (AvgIpc) is 2.95. The monoisotopic (exact) mass is 367 g/mol. The second-order valence-corrected chi connectivity index (χ2v) is 6.45. The van der Waals surface area contributed by atoms with Gasteiger partial charge >= 0.3 is 12.0 Å². The first-order chi connectivity index (χ1) is 12.4. The van der Waals surface area contributed by atoms with Crippen molar-refractivity contribution in [2.75, 3.05) is 24.5 Å². The number of para-hydroxylation sites is 1. The van der Waals surface area contributed by atoms with Gasteiger partial charge in [0.05, 0.1) is 5.92 Å². The summed E-state index contributed by atoms with van der Waals surface area (Å²) in [5.41, 5.74) is -0.406. The fraction of sp³-hybridized carbons (Fsp3) is 0.471. The standard InChI is InChI=1S/C17H19F2N3O4/c18-11-2-1-3-12(19)14(11)22-9-6-13(15(22)23)20-17(26)21-7-4-10(5-8-21)16(24)25/h1-3,10,13H,4-9H2,(H,20,26)(H,24,25). The molecule has 26 heavy (non-hydrogen) atoms. The zero-order valence-electron chi connectivity index (χ0n) is 14.0. The van der Waals surface area contributed by atoms with E-state index in [0.29, 0.717) is 12.8 Å². The molecular weight excluding hydrogens is 348 g/mol. The fourth-order valence-electron chi connectivity index (χ4n) is 3.35. The van der Waals surface area contributed by atoms with Gasteiger partial charge in [0.15, 0.2) is 0 Å². The molecule has 2 heterocycles. The first-order valence-electron chi connectivity index (χ1n) is 8.42. The van der Waals surface area contributed by atoms with Crippen molar-refractivity contribution in [3.05, 3.63) is 29.8 Å². The summed E-state index contributed by atoms with van der Waals surface area (Å²) < 4.78 is 27.8. The lowest BCUT2D eigenvalue weighted by atomic mass is 9.97. The number of amides is 3. The third kappa shape index (κ3) is 3.47. The Morgan fingerprint density at radius 2 is 1.69 bits per heavy atom. The highest BCUT2D eigenvalue weighted by molar-refractivity contribution is 6.01. The topological polar surface area (TPSA) is 89.9 Å². The number of anilines is 1. The van der Waals surface area contributed by atoms with E-state index in [1.165, 1.54) is 11.0 Å². The van der Waals surface area contributed by atoms with Gasteiger partial charge in [-0.15, -0.1) is 0 Å². The SMILES string of the molecule is O=C(O)C1CCN(C(=O)NC2CCN(c3c(F)cccc3F)C2=O)CC1. The number of carboxylic acid groups (broad SMARTS) is 1. The molecule has 1 aromatic rings. The highest BCUT2D eigenvalue weighted by Crippen LogP contribution is 2.27. The Morgan fingerprint density at radius 1 is 1.08 bits per heavy atom. The van der Waals surface area contributed by atoms with Gasteiger partial charge in [-0.05, 0) is 31.4 Å². The summed E-state index contributed by atoms with van der Waals surface area (Å²) in [6, 6.07) is 2.03. The van der Waals surface area contributed by atoms with Crippen LogP contribution in [0, 0.1) is 17.6 Å². The lowest BCUT2D eigenvalue weighted by Gasteiger charge is -2.31. The van der Waals surface area contributed by atoms with Crippen LogP contribution in [0.15, 0.2) is 18.2 Å². The van der Waals surface area contributed by atoms with Crippen LogP contribution >= 0.6 is 0 Å². The van der Waals surface area contributed by atoms with E-state index in [4.69, 9.17) is 5.11 Å². The number of carboxylic acids is 1. The van der Waals surface area contributed by atoms with Crippen molar-refractivity contribution in [1.82, 2.24) is 10.2 Å². The van der Waals surface area contributed by atoms with Gasteiger partial charge in [0.25, 0.3) is 0 Å². The van der Waals surface area contributed by atoms with E-state index in [-0.39, 0.29) is 26.1 Å². The van der Waals surface area contributed by atoms with Gasteiger partial charge in [0.2, 0.25) is 5.91 Å². The first-order valence-corrected chi connectivity index (χ1v) is 8.42. The first kappa shape index (κ1) is 18.1. The van der Waals surface area contributed by atoms with Gasteiger partial charge in [-0.2, -0.15) is 0 Å². The van der Waals surface area contributed by atoms with Gasteiger partial charge in [-0.1, -0.05) is 6.07 Å². The van der Waals surface area contributed by atoms with Crippen LogP contribution in [0.3, 0.4) is 0 Å². The molecule has 3 amide bonds. The van der Waals surface area contributed by atoms with Crippen molar-refractivity contribution in [1.29, 1.82) is 0 Å². The number of nitrogens with zero attached hydrogens (tertiary/aromatic N) is 2. The Bertz CT molecular complexity index is 714. The number of benzene rings is 1. The van der Waals surface area contributed by atoms with E-state index in [0.717, 1.165) is 17.0 Å². The highest BCUT2D eigenvalue weighted by atomic mass is 19.1. The van der Waals surface area contributed by atoms with Crippen LogP contribution in [0.1, 0.15) is 19.3 Å². The van der Waals surface area contributed by atoms with E-state index in [1.54, 1.807) is 0 Å². The van der Waals surface area contributed by atoms with Crippen LogP contribution in [0.25, 0.3) is 0 Å². The van der Waals surface area contributed by atoms with Crippen LogP contribution in [0.2, 0.25) is 0 Å². The summed E-state index contributed by atoms with van der Waals surface area (Å²) >= 11 is 0. The maximum absolute atomic E-state index is 13.9. The molecule has 0 aromatic heterocycles. The molecule has 2 aliphatic heterocycles. The van der Waals surface area contributed by atoms with Crippen LogP contribution in [0.4, 0.5) is 19.3 Å². The quantitative estimate of drug-likeness (QED) is 0.849. The molecule has 2 saturated heterocycles. The molecule has 2 aliphatic rings. The summed E-state index contributed by atoms with van der Waals surface area (Å²) in [5.74, 6) is -3.57. The van der Waals surface area contributed by atoms with E-state index >= 15 is 0 Å². The number of hydrogen-bond donors (Lipinski definition) is 2. The molecule has 7 nitrogen and oxygen atoms in total. The Morgan fingerprint density at radius 3 is 2.27 bits per heavy atom. The van der Waals surface area contributed by atoms with Gasteiger partial charge in [-0.3, -0.25) is 9.59 Å². The number of carbonyl (C=O) groups is 3. The highest BCUT2D eigenvalue weighted by Gasteiger charge is 2.37. The summed E-state index contributed by atoms with van der Waals surface area (Å²) in [4.78, 5) is 38.2. The van der Waals surface area contributed by atoms with Crippen molar-refractivity contribution in [3.8, 4) is 0 Å². The summed E-state index contributed by atoms with van der Waals surface area (Å²) in [5, 5.41) is 11.6. The smallest absolute Gasteiger partial charge is 0.318 e. The number of urea groups is 1. The lowest BCUT2D eigenvalue weighted by Crippen LogP contribution is -2.50. The maximum Gasteiger partial charge on any atom is 0.318 e. The predicted molar refractivity (Wildman–Crippen MR) is 87.6 cm³/mol. The van der Waals surface area contributed by atoms with Gasteiger partial charge in [-0.25, -0.2) is 13.6 Å². The van der Waals surface area contributed by atoms with Crippen molar-refractivity contribution < 1.29 is 28.3 Å². The third-order valence-electron chi connectivity index (χ3n) is 4.84. The van der Waals surface area contributed by atoms with Crippen molar-refractivity contribution in [2.24, 2.45) is 5.92 Å². The predicted octanol–water partition coefficient (Wildman–Crippen LogP) is 1.58. The number of piperidine rings is 1. The summed E-state index contributed by atoms with van der Waals surface area (Å²) in [7, 11) is 0. The molecular formula is C17H19F2N3O4. The normalized spacial score (nSPS) is 21.2. The second kappa shape index (κ2) is 7.27. The summed E-state index contributed by atoms with van der Waals surface area (Å²) in [6.45, 7) is 0.674. The van der Waals surface area contributed by atoms with Crippen LogP contribution in [0.5, 0.6) is 0 Å². The average molecular weight is 367 g/mol. The number of rotatable bonds is 3. The molecule has 3 rings (SSSR count).